The van der Waals surface area contributed by atoms with Gasteiger partial charge in [-0.3, -0.25) is 9.82 Å². The summed E-state index contributed by atoms with van der Waals surface area (Å²) >= 11 is 3.13. The average molecular weight is 368 g/mol. The fourth-order valence-electron chi connectivity index (χ4n) is 1.85. The Balaban J connectivity index is 1.97. The molecule has 0 unspecified atom stereocenters. The molecular formula is C13H10BrN3O3S. The molecule has 2 heterocycles. The van der Waals surface area contributed by atoms with Crippen LogP contribution in [0.2, 0.25) is 0 Å². The maximum Gasteiger partial charge on any atom is 0.296 e. The zero-order valence-corrected chi connectivity index (χ0v) is 13.0. The van der Waals surface area contributed by atoms with Crippen molar-refractivity contribution in [2.75, 3.05) is 4.72 Å². The topological polar surface area (TPSA) is 88.0 Å². The van der Waals surface area contributed by atoms with E-state index in [4.69, 9.17) is 4.42 Å². The van der Waals surface area contributed by atoms with Crippen molar-refractivity contribution in [3.63, 3.8) is 0 Å². The first-order valence-corrected chi connectivity index (χ1v) is 8.20. The zero-order chi connectivity index (χ0) is 14.9. The molecule has 0 saturated heterocycles. The number of anilines is 1. The maximum absolute atomic E-state index is 12.3. The van der Waals surface area contributed by atoms with Gasteiger partial charge < -0.3 is 4.42 Å². The molecule has 1 aromatic carbocycles. The quantitative estimate of drug-likeness (QED) is 0.740. The average Bonchev–Trinajstić information content (AvgIpc) is 3.08. The number of rotatable bonds is 4. The van der Waals surface area contributed by atoms with E-state index >= 15 is 0 Å². The van der Waals surface area contributed by atoms with Gasteiger partial charge in [0.25, 0.3) is 15.1 Å². The number of benzene rings is 1. The molecule has 108 valence electrons. The first kappa shape index (κ1) is 13.9. The molecule has 21 heavy (non-hydrogen) atoms. The number of hydrogen-bond acceptors (Lipinski definition) is 4. The van der Waals surface area contributed by atoms with Gasteiger partial charge in [-0.2, -0.15) is 13.5 Å². The van der Waals surface area contributed by atoms with Gasteiger partial charge in [-0.1, -0.05) is 30.3 Å². The SMILES string of the molecule is O=S(=O)(Nc1cn[nH]c1-c1ccccc1)c1occc1Br. The molecule has 8 heteroatoms. The van der Waals surface area contributed by atoms with E-state index in [2.05, 4.69) is 30.8 Å². The summed E-state index contributed by atoms with van der Waals surface area (Å²) in [6.07, 6.45) is 2.71. The van der Waals surface area contributed by atoms with E-state index in [9.17, 15) is 8.42 Å². The first-order chi connectivity index (χ1) is 10.1. The fraction of sp³-hybridized carbons (Fsp3) is 0. The number of aromatic nitrogens is 2. The Hall–Kier alpha value is -2.06. The molecule has 0 bridgehead atoms. The highest BCUT2D eigenvalue weighted by atomic mass is 79.9. The van der Waals surface area contributed by atoms with Gasteiger partial charge >= 0.3 is 0 Å². The molecule has 0 aliphatic rings. The molecule has 0 fully saturated rings. The van der Waals surface area contributed by atoms with Crippen LogP contribution in [0, 0.1) is 0 Å². The summed E-state index contributed by atoms with van der Waals surface area (Å²) in [5.74, 6) is 0. The largest absolute Gasteiger partial charge is 0.450 e. The highest BCUT2D eigenvalue weighted by molar-refractivity contribution is 9.10. The summed E-state index contributed by atoms with van der Waals surface area (Å²) in [6.45, 7) is 0. The van der Waals surface area contributed by atoms with Crippen LogP contribution in [-0.2, 0) is 10.0 Å². The molecule has 0 aliphatic carbocycles. The molecule has 0 amide bonds. The summed E-state index contributed by atoms with van der Waals surface area (Å²) < 4.78 is 32.4. The predicted octanol–water partition coefficient (Wildman–Crippen LogP) is 3.23. The predicted molar refractivity (Wildman–Crippen MR) is 81.2 cm³/mol. The van der Waals surface area contributed by atoms with Crippen molar-refractivity contribution in [2.45, 2.75) is 5.09 Å². The van der Waals surface area contributed by atoms with Gasteiger partial charge in [0, 0.05) is 5.56 Å². The highest BCUT2D eigenvalue weighted by Gasteiger charge is 2.23. The van der Waals surface area contributed by atoms with Crippen LogP contribution in [0.4, 0.5) is 5.69 Å². The lowest BCUT2D eigenvalue weighted by molar-refractivity contribution is 0.449. The van der Waals surface area contributed by atoms with Crippen molar-refractivity contribution >= 4 is 31.6 Å². The number of hydrogen-bond donors (Lipinski definition) is 2. The summed E-state index contributed by atoms with van der Waals surface area (Å²) in [5.41, 5.74) is 1.76. The molecular weight excluding hydrogens is 358 g/mol. The molecule has 0 spiro atoms. The van der Waals surface area contributed by atoms with E-state index in [0.717, 1.165) is 5.56 Å². The lowest BCUT2D eigenvalue weighted by Gasteiger charge is -2.06. The van der Waals surface area contributed by atoms with Crippen molar-refractivity contribution in [3.05, 3.63) is 53.3 Å². The van der Waals surface area contributed by atoms with Gasteiger partial charge in [-0.05, 0) is 22.0 Å². The Labute approximate surface area is 129 Å². The van der Waals surface area contributed by atoms with Gasteiger partial charge in [0.1, 0.15) is 0 Å². The number of H-pyrrole nitrogens is 1. The van der Waals surface area contributed by atoms with E-state index < -0.39 is 10.0 Å². The standard InChI is InChI=1S/C13H10BrN3O3S/c14-10-6-7-20-13(10)21(18,19)17-11-8-15-16-12(11)9-4-2-1-3-5-9/h1-8,17H,(H,15,16). The highest BCUT2D eigenvalue weighted by Crippen LogP contribution is 2.29. The van der Waals surface area contributed by atoms with Crippen molar-refractivity contribution in [2.24, 2.45) is 0 Å². The molecule has 3 rings (SSSR count). The van der Waals surface area contributed by atoms with Gasteiger partial charge in [0.2, 0.25) is 0 Å². The number of furan rings is 1. The fourth-order valence-corrected chi connectivity index (χ4v) is 3.74. The second-order valence-electron chi connectivity index (χ2n) is 4.19. The van der Waals surface area contributed by atoms with Crippen LogP contribution in [0.3, 0.4) is 0 Å². The van der Waals surface area contributed by atoms with Crippen LogP contribution in [-0.4, -0.2) is 18.6 Å². The molecule has 2 aromatic heterocycles. The van der Waals surface area contributed by atoms with E-state index in [-0.39, 0.29) is 5.09 Å². The molecule has 0 aliphatic heterocycles. The van der Waals surface area contributed by atoms with Crippen molar-refractivity contribution in [3.8, 4) is 11.3 Å². The lowest BCUT2D eigenvalue weighted by atomic mass is 10.1. The first-order valence-electron chi connectivity index (χ1n) is 5.92. The van der Waals surface area contributed by atoms with E-state index in [1.54, 1.807) is 0 Å². The minimum atomic E-state index is -3.82. The monoisotopic (exact) mass is 367 g/mol. The molecule has 3 aromatic rings. The van der Waals surface area contributed by atoms with Crippen LogP contribution >= 0.6 is 15.9 Å². The number of sulfonamides is 1. The Morgan fingerprint density at radius 3 is 2.62 bits per heavy atom. The Morgan fingerprint density at radius 1 is 1.19 bits per heavy atom. The van der Waals surface area contributed by atoms with Crippen LogP contribution < -0.4 is 4.72 Å². The normalized spacial score (nSPS) is 11.5. The van der Waals surface area contributed by atoms with Crippen LogP contribution in [0.1, 0.15) is 0 Å². The molecule has 0 radical (unpaired) electrons. The smallest absolute Gasteiger partial charge is 0.296 e. The lowest BCUT2D eigenvalue weighted by Crippen LogP contribution is -2.12. The van der Waals surface area contributed by atoms with Gasteiger partial charge in [-0.15, -0.1) is 0 Å². The van der Waals surface area contributed by atoms with Crippen LogP contribution in [0.25, 0.3) is 11.3 Å². The van der Waals surface area contributed by atoms with Crippen LogP contribution in [0.5, 0.6) is 0 Å². The molecule has 0 atom stereocenters. The Morgan fingerprint density at radius 2 is 1.95 bits per heavy atom. The maximum atomic E-state index is 12.3. The Bertz CT molecular complexity index is 856. The number of nitrogens with one attached hydrogen (secondary N) is 2. The van der Waals surface area contributed by atoms with Crippen molar-refractivity contribution < 1.29 is 12.8 Å². The number of halogens is 1. The van der Waals surface area contributed by atoms with Crippen LogP contribution in [0.15, 0.2) is 62.8 Å². The minimum absolute atomic E-state index is 0.178. The zero-order valence-electron chi connectivity index (χ0n) is 10.6. The van der Waals surface area contributed by atoms with Crippen molar-refractivity contribution in [1.29, 1.82) is 0 Å². The van der Waals surface area contributed by atoms with Gasteiger partial charge in [0.05, 0.1) is 28.3 Å². The third-order valence-electron chi connectivity index (χ3n) is 2.77. The van der Waals surface area contributed by atoms with E-state index in [0.29, 0.717) is 15.9 Å². The Kier molecular flexibility index (Phi) is 3.56. The molecule has 6 nitrogen and oxygen atoms in total. The second kappa shape index (κ2) is 5.38. The summed E-state index contributed by atoms with van der Waals surface area (Å²) in [4.78, 5) is 0. The van der Waals surface area contributed by atoms with E-state index in [1.807, 2.05) is 30.3 Å². The summed E-state index contributed by atoms with van der Waals surface area (Å²) in [5, 5.41) is 6.50. The number of nitrogens with zero attached hydrogens (tertiary/aromatic N) is 1. The minimum Gasteiger partial charge on any atom is -0.450 e. The van der Waals surface area contributed by atoms with E-state index in [1.165, 1.54) is 18.5 Å². The third kappa shape index (κ3) is 2.72. The number of aromatic amines is 1. The van der Waals surface area contributed by atoms with Crippen molar-refractivity contribution in [1.82, 2.24) is 10.2 Å². The third-order valence-corrected chi connectivity index (χ3v) is 4.95. The molecule has 2 N–H and O–H groups in total. The van der Waals surface area contributed by atoms with Gasteiger partial charge in [-0.25, -0.2) is 0 Å². The second-order valence-corrected chi connectivity index (χ2v) is 6.62. The summed E-state index contributed by atoms with van der Waals surface area (Å²) in [7, 11) is -3.82. The molecule has 0 saturated carbocycles. The summed E-state index contributed by atoms with van der Waals surface area (Å²) in [6, 6.07) is 10.8. The van der Waals surface area contributed by atoms with Gasteiger partial charge in [0.15, 0.2) is 0 Å².